The van der Waals surface area contributed by atoms with Crippen molar-refractivity contribution in [3.63, 3.8) is 0 Å². The minimum Gasteiger partial charge on any atom is -0.495 e. The summed E-state index contributed by atoms with van der Waals surface area (Å²) in [5.41, 5.74) is 5.80. The van der Waals surface area contributed by atoms with Crippen molar-refractivity contribution in [2.24, 2.45) is 4.99 Å². The van der Waals surface area contributed by atoms with Crippen molar-refractivity contribution in [2.75, 3.05) is 12.4 Å². The smallest absolute Gasteiger partial charge is 0.213 e. The maximum absolute atomic E-state index is 5.83. The van der Waals surface area contributed by atoms with Gasteiger partial charge in [-0.3, -0.25) is 9.98 Å². The summed E-state index contributed by atoms with van der Waals surface area (Å²) in [6.07, 6.45) is 13.6. The lowest BCUT2D eigenvalue weighted by molar-refractivity contribution is 0.114. The second-order valence-electron chi connectivity index (χ2n) is 8.53. The first-order chi connectivity index (χ1) is 16.2. The number of anilines is 1. The number of nitrogens with zero attached hydrogens (tertiary/aromatic N) is 3. The highest BCUT2D eigenvalue weighted by Gasteiger charge is 2.30. The van der Waals surface area contributed by atoms with Crippen LogP contribution in [0.3, 0.4) is 0 Å². The molecule has 2 unspecified atom stereocenters. The molecule has 0 spiro atoms. The van der Waals surface area contributed by atoms with Gasteiger partial charge in [0.15, 0.2) is 0 Å². The highest BCUT2D eigenvalue weighted by molar-refractivity contribution is 5.82. The standard InChI is InChI=1S/C20H19N3O.C7H9NO/c1-2-15(3-1)24-20-7-5-14(11-22-20)13-4-6-16-17-12-21-9-8-18(17)23-19(16)10-13;1-6-3-4-7(9-2)5-8-6/h4-12,15,17-18,23H,1-3H2;3-5H,1-2H3. The summed E-state index contributed by atoms with van der Waals surface area (Å²) in [5.74, 6) is 1.88. The van der Waals surface area contributed by atoms with E-state index >= 15 is 0 Å². The number of aryl methyl sites for hydroxylation is 1. The molecule has 0 amide bonds. The van der Waals surface area contributed by atoms with Crippen LogP contribution in [0.5, 0.6) is 11.6 Å². The van der Waals surface area contributed by atoms with E-state index in [0.717, 1.165) is 35.7 Å². The van der Waals surface area contributed by atoms with E-state index in [0.29, 0.717) is 18.1 Å². The van der Waals surface area contributed by atoms with Crippen LogP contribution in [-0.4, -0.2) is 35.4 Å². The molecule has 1 N–H and O–H groups in total. The largest absolute Gasteiger partial charge is 0.495 e. The van der Waals surface area contributed by atoms with Gasteiger partial charge in [-0.1, -0.05) is 12.1 Å². The van der Waals surface area contributed by atoms with Crippen LogP contribution in [0, 0.1) is 6.92 Å². The van der Waals surface area contributed by atoms with E-state index in [1.165, 1.54) is 23.2 Å². The van der Waals surface area contributed by atoms with E-state index in [1.54, 1.807) is 13.3 Å². The van der Waals surface area contributed by atoms with E-state index in [-0.39, 0.29) is 0 Å². The van der Waals surface area contributed by atoms with E-state index in [1.807, 2.05) is 43.7 Å². The number of hydrogen-bond acceptors (Lipinski definition) is 6. The number of ether oxygens (including phenoxy) is 2. The molecule has 2 atom stereocenters. The van der Waals surface area contributed by atoms with Crippen LogP contribution >= 0.6 is 0 Å². The number of rotatable bonds is 4. The third kappa shape index (κ3) is 4.75. The second kappa shape index (κ2) is 9.45. The maximum Gasteiger partial charge on any atom is 0.213 e. The molecule has 6 rings (SSSR count). The summed E-state index contributed by atoms with van der Waals surface area (Å²) in [4.78, 5) is 12.8. The zero-order chi connectivity index (χ0) is 22.6. The summed E-state index contributed by atoms with van der Waals surface area (Å²) in [6.45, 7) is 1.94. The number of methoxy groups -OCH3 is 1. The van der Waals surface area contributed by atoms with Crippen molar-refractivity contribution in [3.05, 3.63) is 78.4 Å². The Balaban J connectivity index is 0.000000215. The normalized spacial score (nSPS) is 19.9. The molecule has 0 bridgehead atoms. The van der Waals surface area contributed by atoms with Crippen LogP contribution in [0.25, 0.3) is 11.1 Å². The Hall–Kier alpha value is -3.67. The highest BCUT2D eigenvalue weighted by Crippen LogP contribution is 2.39. The molecule has 6 nitrogen and oxygen atoms in total. The first-order valence-corrected chi connectivity index (χ1v) is 11.4. The van der Waals surface area contributed by atoms with E-state index < -0.39 is 0 Å². The van der Waals surface area contributed by atoms with Gasteiger partial charge in [-0.15, -0.1) is 0 Å². The van der Waals surface area contributed by atoms with Crippen molar-refractivity contribution < 1.29 is 9.47 Å². The average Bonchev–Trinajstić information content (AvgIpc) is 3.21. The van der Waals surface area contributed by atoms with E-state index in [2.05, 4.69) is 50.6 Å². The first kappa shape index (κ1) is 21.2. The Morgan fingerprint density at radius 1 is 0.970 bits per heavy atom. The minimum atomic E-state index is 0.323. The Bertz CT molecular complexity index is 1150. The van der Waals surface area contributed by atoms with Crippen LogP contribution in [0.4, 0.5) is 5.69 Å². The molecule has 2 aliphatic heterocycles. The van der Waals surface area contributed by atoms with Gasteiger partial charge in [0.1, 0.15) is 11.9 Å². The lowest BCUT2D eigenvalue weighted by atomic mass is 9.94. The molecule has 1 aliphatic carbocycles. The summed E-state index contributed by atoms with van der Waals surface area (Å²) >= 11 is 0. The number of aromatic nitrogens is 2. The predicted molar refractivity (Wildman–Crippen MR) is 131 cm³/mol. The fourth-order valence-electron chi connectivity index (χ4n) is 4.10. The zero-order valence-electron chi connectivity index (χ0n) is 18.9. The fraction of sp³-hybridized carbons (Fsp3) is 0.296. The molecule has 1 fully saturated rings. The molecule has 33 heavy (non-hydrogen) atoms. The topological polar surface area (TPSA) is 68.6 Å². The number of fused-ring (bicyclic) bond motifs is 3. The minimum absolute atomic E-state index is 0.323. The third-order valence-electron chi connectivity index (χ3n) is 6.28. The summed E-state index contributed by atoms with van der Waals surface area (Å²) in [6, 6.07) is 14.8. The zero-order valence-corrected chi connectivity index (χ0v) is 18.9. The molecule has 3 aromatic rings. The Morgan fingerprint density at radius 2 is 1.85 bits per heavy atom. The molecule has 1 aromatic carbocycles. The predicted octanol–water partition coefficient (Wildman–Crippen LogP) is 5.55. The van der Waals surface area contributed by atoms with Crippen molar-refractivity contribution in [2.45, 2.75) is 44.2 Å². The van der Waals surface area contributed by atoms with Gasteiger partial charge in [0.25, 0.3) is 0 Å². The number of benzene rings is 1. The van der Waals surface area contributed by atoms with Gasteiger partial charge in [-0.25, -0.2) is 4.98 Å². The van der Waals surface area contributed by atoms with Crippen molar-refractivity contribution >= 4 is 11.9 Å². The van der Waals surface area contributed by atoms with E-state index in [4.69, 9.17) is 9.47 Å². The van der Waals surface area contributed by atoms with Crippen LogP contribution in [0.15, 0.2) is 72.1 Å². The Morgan fingerprint density at radius 3 is 2.55 bits per heavy atom. The summed E-state index contributed by atoms with van der Waals surface area (Å²) < 4.78 is 10.7. The lowest BCUT2D eigenvalue weighted by Gasteiger charge is -2.25. The monoisotopic (exact) mass is 440 g/mol. The van der Waals surface area contributed by atoms with Crippen molar-refractivity contribution in [3.8, 4) is 22.8 Å². The van der Waals surface area contributed by atoms with Crippen molar-refractivity contribution in [1.82, 2.24) is 9.97 Å². The second-order valence-corrected chi connectivity index (χ2v) is 8.53. The number of hydrogen-bond donors (Lipinski definition) is 1. The summed E-state index contributed by atoms with van der Waals surface area (Å²) in [7, 11) is 1.63. The Labute approximate surface area is 194 Å². The van der Waals surface area contributed by atoms with Crippen LogP contribution in [-0.2, 0) is 0 Å². The molecule has 4 heterocycles. The van der Waals surface area contributed by atoms with Gasteiger partial charge in [-0.05, 0) is 67.7 Å². The Kier molecular flexibility index (Phi) is 6.07. The lowest BCUT2D eigenvalue weighted by Crippen LogP contribution is -2.24. The van der Waals surface area contributed by atoms with Gasteiger partial charge in [-0.2, -0.15) is 0 Å². The van der Waals surface area contributed by atoms with E-state index in [9.17, 15) is 0 Å². The van der Waals surface area contributed by atoms with Crippen LogP contribution in [0.2, 0.25) is 0 Å². The maximum atomic E-state index is 5.83. The molecule has 0 radical (unpaired) electrons. The molecule has 1 saturated carbocycles. The highest BCUT2D eigenvalue weighted by atomic mass is 16.5. The summed E-state index contributed by atoms with van der Waals surface area (Å²) in [5, 5.41) is 3.58. The molecular weight excluding hydrogens is 412 g/mol. The molecule has 6 heteroatoms. The first-order valence-electron chi connectivity index (χ1n) is 11.4. The van der Waals surface area contributed by atoms with Gasteiger partial charge < -0.3 is 14.8 Å². The molecular formula is C27H28N4O2. The number of nitrogens with one attached hydrogen (secondary N) is 1. The average molecular weight is 441 g/mol. The van der Waals surface area contributed by atoms with Gasteiger partial charge in [0.2, 0.25) is 5.88 Å². The van der Waals surface area contributed by atoms with Gasteiger partial charge >= 0.3 is 0 Å². The fourth-order valence-corrected chi connectivity index (χ4v) is 4.10. The van der Waals surface area contributed by atoms with Crippen molar-refractivity contribution in [1.29, 1.82) is 0 Å². The number of aliphatic imine (C=N–C) groups is 1. The molecule has 3 aliphatic rings. The molecule has 0 saturated heterocycles. The quantitative estimate of drug-likeness (QED) is 0.576. The van der Waals surface area contributed by atoms with Crippen LogP contribution < -0.4 is 14.8 Å². The van der Waals surface area contributed by atoms with Gasteiger partial charge in [0, 0.05) is 47.5 Å². The number of pyridine rings is 2. The van der Waals surface area contributed by atoms with Gasteiger partial charge in [0.05, 0.1) is 19.3 Å². The SMILES string of the molecule is C1=CC2Nc3cc(-c4ccc(OC5CCC5)nc4)ccc3C2C=N1.COc1ccc(C)nc1. The molecule has 168 valence electrons. The molecule has 2 aromatic heterocycles. The third-order valence-corrected chi connectivity index (χ3v) is 6.28. The van der Waals surface area contributed by atoms with Crippen LogP contribution in [0.1, 0.15) is 36.4 Å².